The van der Waals surface area contributed by atoms with Gasteiger partial charge >= 0.3 is 0 Å². The number of rotatable bonds is 5. The maximum atomic E-state index is 10.6. The zero-order valence-corrected chi connectivity index (χ0v) is 12.4. The Kier molecular flexibility index (Phi) is 4.27. The van der Waals surface area contributed by atoms with Crippen LogP contribution in [-0.4, -0.2) is 36.2 Å². The molecule has 1 aliphatic carbocycles. The lowest BCUT2D eigenvalue weighted by Crippen LogP contribution is -2.45. The van der Waals surface area contributed by atoms with Gasteiger partial charge < -0.3 is 10.4 Å². The lowest BCUT2D eigenvalue weighted by molar-refractivity contribution is 0.158. The van der Waals surface area contributed by atoms with Gasteiger partial charge in [0.2, 0.25) is 0 Å². The van der Waals surface area contributed by atoms with Crippen molar-refractivity contribution in [2.75, 3.05) is 26.2 Å². The zero-order chi connectivity index (χ0) is 13.9. The molecule has 1 heterocycles. The third-order valence-corrected chi connectivity index (χ3v) is 4.74. The average Bonchev–Trinajstić information content (AvgIpc) is 3.30. The Morgan fingerprint density at radius 3 is 2.70 bits per heavy atom. The highest BCUT2D eigenvalue weighted by Gasteiger charge is 2.31. The van der Waals surface area contributed by atoms with Crippen molar-refractivity contribution >= 4 is 0 Å². The van der Waals surface area contributed by atoms with Gasteiger partial charge in [0.05, 0.1) is 0 Å². The monoisotopic (exact) mass is 274 g/mol. The number of piperazine rings is 1. The molecular weight excluding hydrogens is 248 g/mol. The van der Waals surface area contributed by atoms with Crippen LogP contribution in [0.25, 0.3) is 0 Å². The number of hydrogen-bond acceptors (Lipinski definition) is 3. The topological polar surface area (TPSA) is 35.5 Å². The molecular formula is C17H26N2O. The Balaban J connectivity index is 1.87. The summed E-state index contributed by atoms with van der Waals surface area (Å²) in [6.45, 7) is 6.42. The van der Waals surface area contributed by atoms with Crippen LogP contribution in [0.4, 0.5) is 0 Å². The molecule has 0 spiro atoms. The third-order valence-electron chi connectivity index (χ3n) is 4.74. The smallest absolute Gasteiger partial charge is 0.123 e. The number of aryl methyl sites for hydroxylation is 1. The molecule has 1 saturated carbocycles. The van der Waals surface area contributed by atoms with Crippen molar-refractivity contribution in [3.8, 4) is 5.75 Å². The van der Waals surface area contributed by atoms with Crippen LogP contribution in [0.15, 0.2) is 18.2 Å². The molecule has 0 amide bonds. The van der Waals surface area contributed by atoms with Crippen molar-refractivity contribution in [3.05, 3.63) is 29.3 Å². The molecule has 110 valence electrons. The highest BCUT2D eigenvalue weighted by atomic mass is 16.3. The Morgan fingerprint density at radius 2 is 2.05 bits per heavy atom. The second-order valence-corrected chi connectivity index (χ2v) is 6.19. The summed E-state index contributed by atoms with van der Waals surface area (Å²) in [6.07, 6.45) is 4.85. The van der Waals surface area contributed by atoms with Gasteiger partial charge in [-0.25, -0.2) is 0 Å². The van der Waals surface area contributed by atoms with E-state index in [9.17, 15) is 5.11 Å². The molecule has 0 unspecified atom stereocenters. The third kappa shape index (κ3) is 2.99. The summed E-state index contributed by atoms with van der Waals surface area (Å²) in [5.74, 6) is 1.42. The summed E-state index contributed by atoms with van der Waals surface area (Å²) < 4.78 is 0. The van der Waals surface area contributed by atoms with E-state index < -0.39 is 0 Å². The largest absolute Gasteiger partial charge is 0.507 e. The fourth-order valence-corrected chi connectivity index (χ4v) is 3.30. The number of phenols is 1. The maximum absolute atomic E-state index is 10.6. The minimum atomic E-state index is 0.399. The van der Waals surface area contributed by atoms with Gasteiger partial charge in [0.25, 0.3) is 0 Å². The lowest BCUT2D eigenvalue weighted by Gasteiger charge is -2.36. The lowest BCUT2D eigenvalue weighted by atomic mass is 9.95. The maximum Gasteiger partial charge on any atom is 0.123 e. The minimum Gasteiger partial charge on any atom is -0.507 e. The van der Waals surface area contributed by atoms with Crippen LogP contribution in [0.2, 0.25) is 0 Å². The fraction of sp³-hybridized carbons (Fsp3) is 0.647. The van der Waals surface area contributed by atoms with Gasteiger partial charge in [-0.1, -0.05) is 38.0 Å². The first-order valence-corrected chi connectivity index (χ1v) is 8.05. The number of para-hydroxylation sites is 1. The Labute approximate surface area is 122 Å². The average molecular weight is 274 g/mol. The van der Waals surface area contributed by atoms with Gasteiger partial charge in [0, 0.05) is 37.8 Å². The summed E-state index contributed by atoms with van der Waals surface area (Å²) in [4.78, 5) is 2.56. The van der Waals surface area contributed by atoms with E-state index in [0.717, 1.165) is 49.6 Å². The molecule has 1 aromatic rings. The van der Waals surface area contributed by atoms with E-state index in [2.05, 4.69) is 29.3 Å². The molecule has 3 heteroatoms. The standard InChI is InChI=1S/C17H26N2O/c1-2-14-4-3-5-15(17(14)20)16(12-13-6-7-13)19-10-8-18-9-11-19/h3-5,13,16,18,20H,2,6-12H2,1H3/t16-/m1/s1. The van der Waals surface area contributed by atoms with Gasteiger partial charge in [-0.3, -0.25) is 4.90 Å². The molecule has 1 saturated heterocycles. The predicted molar refractivity (Wildman–Crippen MR) is 82.0 cm³/mol. The van der Waals surface area contributed by atoms with Crippen molar-refractivity contribution in [1.82, 2.24) is 10.2 Å². The van der Waals surface area contributed by atoms with Crippen molar-refractivity contribution in [3.63, 3.8) is 0 Å². The number of aromatic hydroxyl groups is 1. The quantitative estimate of drug-likeness (QED) is 0.866. The number of hydrogen-bond donors (Lipinski definition) is 2. The van der Waals surface area contributed by atoms with Gasteiger partial charge in [-0.2, -0.15) is 0 Å². The summed E-state index contributed by atoms with van der Waals surface area (Å²) in [5, 5.41) is 14.0. The Hall–Kier alpha value is -1.06. The second-order valence-electron chi connectivity index (χ2n) is 6.19. The van der Waals surface area contributed by atoms with Gasteiger partial charge in [0.15, 0.2) is 0 Å². The molecule has 1 aromatic carbocycles. The molecule has 2 aliphatic rings. The van der Waals surface area contributed by atoms with Crippen LogP contribution in [0.5, 0.6) is 5.75 Å². The van der Waals surface area contributed by atoms with Crippen molar-refractivity contribution < 1.29 is 5.11 Å². The van der Waals surface area contributed by atoms with Gasteiger partial charge in [-0.05, 0) is 24.3 Å². The number of phenolic OH excluding ortho intramolecular Hbond substituents is 1. The Bertz CT molecular complexity index is 450. The molecule has 3 nitrogen and oxygen atoms in total. The number of benzene rings is 1. The summed E-state index contributed by atoms with van der Waals surface area (Å²) in [5.41, 5.74) is 2.23. The molecule has 2 fully saturated rings. The van der Waals surface area contributed by atoms with E-state index >= 15 is 0 Å². The molecule has 20 heavy (non-hydrogen) atoms. The molecule has 1 aliphatic heterocycles. The predicted octanol–water partition coefficient (Wildman–Crippen LogP) is 2.70. The fourth-order valence-electron chi connectivity index (χ4n) is 3.30. The number of nitrogens with one attached hydrogen (secondary N) is 1. The first-order valence-electron chi connectivity index (χ1n) is 8.05. The van der Waals surface area contributed by atoms with Crippen LogP contribution in [0.1, 0.15) is 43.4 Å². The SMILES string of the molecule is CCc1cccc([C@@H](CC2CC2)N2CCNCC2)c1O. The van der Waals surface area contributed by atoms with Crippen LogP contribution in [-0.2, 0) is 6.42 Å². The van der Waals surface area contributed by atoms with Crippen LogP contribution < -0.4 is 5.32 Å². The molecule has 1 atom stereocenters. The first kappa shape index (κ1) is 13.9. The van der Waals surface area contributed by atoms with Crippen LogP contribution >= 0.6 is 0 Å². The van der Waals surface area contributed by atoms with E-state index in [0.29, 0.717) is 11.8 Å². The van der Waals surface area contributed by atoms with E-state index in [1.165, 1.54) is 19.3 Å². The van der Waals surface area contributed by atoms with Crippen molar-refractivity contribution in [2.24, 2.45) is 5.92 Å². The molecule has 0 bridgehead atoms. The van der Waals surface area contributed by atoms with E-state index in [1.807, 2.05) is 6.07 Å². The molecule has 2 N–H and O–H groups in total. The van der Waals surface area contributed by atoms with E-state index in [1.54, 1.807) is 0 Å². The molecule has 0 radical (unpaired) electrons. The van der Waals surface area contributed by atoms with Crippen LogP contribution in [0, 0.1) is 5.92 Å². The highest BCUT2D eigenvalue weighted by Crippen LogP contribution is 2.42. The van der Waals surface area contributed by atoms with E-state index in [-0.39, 0.29) is 0 Å². The zero-order valence-electron chi connectivity index (χ0n) is 12.4. The molecule has 3 rings (SSSR count). The second kappa shape index (κ2) is 6.15. The minimum absolute atomic E-state index is 0.399. The Morgan fingerprint density at radius 1 is 1.30 bits per heavy atom. The van der Waals surface area contributed by atoms with E-state index in [4.69, 9.17) is 0 Å². The first-order chi connectivity index (χ1) is 9.79. The van der Waals surface area contributed by atoms with Crippen LogP contribution in [0.3, 0.4) is 0 Å². The molecule has 0 aromatic heterocycles. The summed E-state index contributed by atoms with van der Waals surface area (Å²) >= 11 is 0. The summed E-state index contributed by atoms with van der Waals surface area (Å²) in [7, 11) is 0. The van der Waals surface area contributed by atoms with Gasteiger partial charge in [-0.15, -0.1) is 0 Å². The normalized spacial score (nSPS) is 21.9. The highest BCUT2D eigenvalue weighted by molar-refractivity contribution is 5.42. The van der Waals surface area contributed by atoms with Crippen molar-refractivity contribution in [2.45, 2.75) is 38.6 Å². The number of nitrogens with zero attached hydrogens (tertiary/aromatic N) is 1. The van der Waals surface area contributed by atoms with Crippen molar-refractivity contribution in [1.29, 1.82) is 0 Å². The summed E-state index contributed by atoms with van der Waals surface area (Å²) in [6, 6.07) is 6.68. The van der Waals surface area contributed by atoms with Gasteiger partial charge in [0.1, 0.15) is 5.75 Å².